The van der Waals surface area contributed by atoms with Gasteiger partial charge in [-0.1, -0.05) is 54.1 Å². The standard InChI is InChI=1S/C19H17ClN4O/c20-16-8-6-15(7-9-16)12-22-19(25)17-10-18(24-13-23-17)21-11-14-4-2-1-3-5-14/h1-10,13H,11-12H2,(H,22,25)(H,21,23,24). The summed E-state index contributed by atoms with van der Waals surface area (Å²) in [4.78, 5) is 20.4. The van der Waals surface area contributed by atoms with Gasteiger partial charge in [-0.25, -0.2) is 9.97 Å². The summed E-state index contributed by atoms with van der Waals surface area (Å²) in [6, 6.07) is 18.9. The number of amides is 1. The van der Waals surface area contributed by atoms with E-state index < -0.39 is 0 Å². The predicted molar refractivity (Wildman–Crippen MR) is 98.4 cm³/mol. The number of carbonyl (C=O) groups is 1. The van der Waals surface area contributed by atoms with Gasteiger partial charge in [0.05, 0.1) is 0 Å². The SMILES string of the molecule is O=C(NCc1ccc(Cl)cc1)c1cc(NCc2ccccc2)ncn1. The second-order valence-corrected chi connectivity index (χ2v) is 5.87. The quantitative estimate of drug-likeness (QED) is 0.710. The molecule has 25 heavy (non-hydrogen) atoms. The number of halogens is 1. The molecule has 0 atom stereocenters. The molecule has 2 aromatic carbocycles. The van der Waals surface area contributed by atoms with Crippen LogP contribution in [0, 0.1) is 0 Å². The van der Waals surface area contributed by atoms with Crippen molar-refractivity contribution >= 4 is 23.3 Å². The molecule has 0 spiro atoms. The maximum atomic E-state index is 12.3. The first-order valence-electron chi connectivity index (χ1n) is 7.83. The van der Waals surface area contributed by atoms with Crippen LogP contribution in [0.25, 0.3) is 0 Å². The summed E-state index contributed by atoms with van der Waals surface area (Å²) in [5, 5.41) is 6.69. The van der Waals surface area contributed by atoms with Crippen LogP contribution in [0.5, 0.6) is 0 Å². The second kappa shape index (κ2) is 8.26. The Bertz CT molecular complexity index is 838. The van der Waals surface area contributed by atoms with E-state index in [4.69, 9.17) is 11.6 Å². The Hall–Kier alpha value is -2.92. The maximum absolute atomic E-state index is 12.3. The molecule has 126 valence electrons. The lowest BCUT2D eigenvalue weighted by molar-refractivity contribution is 0.0946. The minimum atomic E-state index is -0.250. The van der Waals surface area contributed by atoms with Gasteiger partial charge in [0.15, 0.2) is 0 Å². The van der Waals surface area contributed by atoms with Crippen molar-refractivity contribution in [2.24, 2.45) is 0 Å². The van der Waals surface area contributed by atoms with Gasteiger partial charge in [-0.3, -0.25) is 4.79 Å². The third kappa shape index (κ3) is 5.02. The molecule has 1 aromatic heterocycles. The highest BCUT2D eigenvalue weighted by atomic mass is 35.5. The van der Waals surface area contributed by atoms with Crippen LogP contribution >= 0.6 is 11.6 Å². The molecule has 6 heteroatoms. The van der Waals surface area contributed by atoms with E-state index in [1.54, 1.807) is 18.2 Å². The van der Waals surface area contributed by atoms with E-state index in [1.807, 2.05) is 42.5 Å². The van der Waals surface area contributed by atoms with Gasteiger partial charge in [0.2, 0.25) is 0 Å². The third-order valence-electron chi connectivity index (χ3n) is 3.58. The van der Waals surface area contributed by atoms with Crippen LogP contribution in [-0.2, 0) is 13.1 Å². The highest BCUT2D eigenvalue weighted by Gasteiger charge is 2.08. The maximum Gasteiger partial charge on any atom is 0.270 e. The second-order valence-electron chi connectivity index (χ2n) is 5.44. The van der Waals surface area contributed by atoms with Crippen molar-refractivity contribution in [1.82, 2.24) is 15.3 Å². The zero-order valence-corrected chi connectivity index (χ0v) is 14.2. The lowest BCUT2D eigenvalue weighted by Crippen LogP contribution is -2.24. The van der Waals surface area contributed by atoms with Crippen LogP contribution in [-0.4, -0.2) is 15.9 Å². The molecule has 0 aliphatic heterocycles. The predicted octanol–water partition coefficient (Wildman–Crippen LogP) is 3.67. The monoisotopic (exact) mass is 352 g/mol. The Morgan fingerprint density at radius 1 is 0.920 bits per heavy atom. The number of anilines is 1. The van der Waals surface area contributed by atoms with Gasteiger partial charge in [0, 0.05) is 24.2 Å². The zero-order valence-electron chi connectivity index (χ0n) is 13.4. The van der Waals surface area contributed by atoms with Gasteiger partial charge in [-0.05, 0) is 23.3 Å². The number of hydrogen-bond donors (Lipinski definition) is 2. The van der Waals surface area contributed by atoms with Crippen molar-refractivity contribution in [1.29, 1.82) is 0 Å². The van der Waals surface area contributed by atoms with E-state index in [0.29, 0.717) is 29.6 Å². The van der Waals surface area contributed by atoms with Gasteiger partial charge in [-0.15, -0.1) is 0 Å². The van der Waals surface area contributed by atoms with Crippen molar-refractivity contribution in [3.05, 3.63) is 88.8 Å². The number of rotatable bonds is 6. The molecule has 2 N–H and O–H groups in total. The molecule has 0 bridgehead atoms. The van der Waals surface area contributed by atoms with Crippen molar-refractivity contribution in [2.45, 2.75) is 13.1 Å². The first-order valence-corrected chi connectivity index (χ1v) is 8.21. The first-order chi connectivity index (χ1) is 12.2. The third-order valence-corrected chi connectivity index (χ3v) is 3.83. The molecule has 5 nitrogen and oxygen atoms in total. The fraction of sp³-hybridized carbons (Fsp3) is 0.105. The molecule has 0 saturated heterocycles. The molecule has 3 rings (SSSR count). The molecule has 1 heterocycles. The molecule has 0 unspecified atom stereocenters. The molecule has 0 fully saturated rings. The summed E-state index contributed by atoms with van der Waals surface area (Å²) in [5.74, 6) is 0.357. The normalized spacial score (nSPS) is 10.3. The summed E-state index contributed by atoms with van der Waals surface area (Å²) in [6.07, 6.45) is 1.38. The number of benzene rings is 2. The van der Waals surface area contributed by atoms with Crippen LogP contribution in [0.1, 0.15) is 21.6 Å². The fourth-order valence-electron chi connectivity index (χ4n) is 2.24. The van der Waals surface area contributed by atoms with Gasteiger partial charge < -0.3 is 10.6 Å². The molecular formula is C19H17ClN4O. The largest absolute Gasteiger partial charge is 0.366 e. The van der Waals surface area contributed by atoms with Crippen molar-refractivity contribution in [2.75, 3.05) is 5.32 Å². The lowest BCUT2D eigenvalue weighted by Gasteiger charge is -2.08. The molecular weight excluding hydrogens is 336 g/mol. The minimum Gasteiger partial charge on any atom is -0.366 e. The van der Waals surface area contributed by atoms with Crippen LogP contribution < -0.4 is 10.6 Å². The number of nitrogens with zero attached hydrogens (tertiary/aromatic N) is 2. The van der Waals surface area contributed by atoms with Gasteiger partial charge >= 0.3 is 0 Å². The van der Waals surface area contributed by atoms with Crippen LogP contribution in [0.15, 0.2) is 67.0 Å². The van der Waals surface area contributed by atoms with Crippen molar-refractivity contribution in [3.63, 3.8) is 0 Å². The minimum absolute atomic E-state index is 0.250. The van der Waals surface area contributed by atoms with E-state index >= 15 is 0 Å². The Labute approximate surface area is 151 Å². The number of aromatic nitrogens is 2. The first kappa shape index (κ1) is 16.9. The molecule has 0 saturated carbocycles. The van der Waals surface area contributed by atoms with E-state index in [9.17, 15) is 4.79 Å². The highest BCUT2D eigenvalue weighted by molar-refractivity contribution is 6.30. The van der Waals surface area contributed by atoms with Gasteiger partial charge in [0.1, 0.15) is 17.8 Å². The summed E-state index contributed by atoms with van der Waals surface area (Å²) < 4.78 is 0. The summed E-state index contributed by atoms with van der Waals surface area (Å²) in [7, 11) is 0. The molecule has 0 aliphatic rings. The number of carbonyl (C=O) groups excluding carboxylic acids is 1. The van der Waals surface area contributed by atoms with E-state index in [2.05, 4.69) is 20.6 Å². The van der Waals surface area contributed by atoms with E-state index in [0.717, 1.165) is 11.1 Å². The smallest absolute Gasteiger partial charge is 0.270 e. The average molecular weight is 353 g/mol. The van der Waals surface area contributed by atoms with Crippen LogP contribution in [0.4, 0.5) is 5.82 Å². The van der Waals surface area contributed by atoms with Gasteiger partial charge in [-0.2, -0.15) is 0 Å². The Morgan fingerprint density at radius 3 is 2.40 bits per heavy atom. The molecule has 3 aromatic rings. The summed E-state index contributed by atoms with van der Waals surface area (Å²) >= 11 is 5.85. The van der Waals surface area contributed by atoms with E-state index in [-0.39, 0.29) is 5.91 Å². The number of nitrogens with one attached hydrogen (secondary N) is 2. The molecule has 1 amide bonds. The Kier molecular flexibility index (Phi) is 5.59. The Balaban J connectivity index is 1.58. The van der Waals surface area contributed by atoms with Crippen LogP contribution in [0.3, 0.4) is 0 Å². The summed E-state index contributed by atoms with van der Waals surface area (Å²) in [6.45, 7) is 1.04. The number of hydrogen-bond acceptors (Lipinski definition) is 4. The lowest BCUT2D eigenvalue weighted by atomic mass is 10.2. The van der Waals surface area contributed by atoms with Crippen LogP contribution in [0.2, 0.25) is 5.02 Å². The topological polar surface area (TPSA) is 66.9 Å². The van der Waals surface area contributed by atoms with Gasteiger partial charge in [0.25, 0.3) is 5.91 Å². The van der Waals surface area contributed by atoms with E-state index in [1.165, 1.54) is 6.33 Å². The zero-order chi connectivity index (χ0) is 17.5. The molecule has 0 aliphatic carbocycles. The Morgan fingerprint density at radius 2 is 1.64 bits per heavy atom. The average Bonchev–Trinajstić information content (AvgIpc) is 2.67. The van der Waals surface area contributed by atoms with Crippen molar-refractivity contribution < 1.29 is 4.79 Å². The fourth-order valence-corrected chi connectivity index (χ4v) is 2.37. The molecule has 0 radical (unpaired) electrons. The summed E-state index contributed by atoms with van der Waals surface area (Å²) in [5.41, 5.74) is 2.42. The van der Waals surface area contributed by atoms with Crippen molar-refractivity contribution in [3.8, 4) is 0 Å². The highest BCUT2D eigenvalue weighted by Crippen LogP contribution is 2.10.